The Balaban J connectivity index is 2.21. The average molecular weight is 333 g/mol. The van der Waals surface area contributed by atoms with Crippen molar-refractivity contribution in [2.24, 2.45) is 5.73 Å². The van der Waals surface area contributed by atoms with Gasteiger partial charge >= 0.3 is 0 Å². The molecule has 0 aliphatic rings. The normalized spacial score (nSPS) is 13.6. The Bertz CT molecular complexity index is 667. The number of rotatable bonds is 7. The third-order valence-electron chi connectivity index (χ3n) is 3.77. The highest BCUT2D eigenvalue weighted by Crippen LogP contribution is 2.32. The van der Waals surface area contributed by atoms with Crippen LogP contribution in [-0.4, -0.2) is 24.0 Å². The highest BCUT2D eigenvalue weighted by Gasteiger charge is 2.20. The Kier molecular flexibility index (Phi) is 5.74. The number of nitrogens with two attached hydrogens (primary N) is 1. The van der Waals surface area contributed by atoms with Gasteiger partial charge in [-0.25, -0.2) is 4.98 Å². The Morgan fingerprint density at radius 2 is 2.04 bits per heavy atom. The molecule has 2 aromatic rings. The Morgan fingerprint density at radius 1 is 1.39 bits per heavy atom. The molecule has 0 radical (unpaired) electrons. The quantitative estimate of drug-likeness (QED) is 0.816. The molecule has 23 heavy (non-hydrogen) atoms. The van der Waals surface area contributed by atoms with Crippen LogP contribution in [0, 0.1) is 6.92 Å². The number of ether oxygens (including phenoxy) is 1. The van der Waals surface area contributed by atoms with E-state index in [0.29, 0.717) is 6.42 Å². The summed E-state index contributed by atoms with van der Waals surface area (Å²) in [6, 6.07) is 7.54. The summed E-state index contributed by atoms with van der Waals surface area (Å²) in [7, 11) is 1.65. The highest BCUT2D eigenvalue weighted by atomic mass is 32.1. The molecular weight excluding hydrogens is 310 g/mol. The van der Waals surface area contributed by atoms with Crippen molar-refractivity contribution in [2.45, 2.75) is 39.3 Å². The van der Waals surface area contributed by atoms with Crippen molar-refractivity contribution in [3.8, 4) is 16.3 Å². The first-order chi connectivity index (χ1) is 11.0. The second-order valence-corrected chi connectivity index (χ2v) is 6.48. The zero-order valence-corrected chi connectivity index (χ0v) is 14.7. The fourth-order valence-corrected chi connectivity index (χ4v) is 3.53. The number of nitrogens with zero attached hydrogens (tertiary/aromatic N) is 1. The van der Waals surface area contributed by atoms with Crippen LogP contribution in [0.25, 0.3) is 10.6 Å². The standard InChI is InChI=1S/C17H23N3O2S/c1-5-14(16(18)21)19-10(2)15-11(3)20-17(23-15)12-6-8-13(22-4)9-7-12/h6-10,14,19H,5H2,1-4H3,(H2,18,21). The van der Waals surface area contributed by atoms with E-state index in [2.05, 4.69) is 10.3 Å². The predicted molar refractivity (Wildman–Crippen MR) is 93.7 cm³/mol. The van der Waals surface area contributed by atoms with Crippen LogP contribution < -0.4 is 15.8 Å². The van der Waals surface area contributed by atoms with Crippen molar-refractivity contribution in [3.63, 3.8) is 0 Å². The van der Waals surface area contributed by atoms with Gasteiger partial charge in [-0.05, 0) is 44.5 Å². The van der Waals surface area contributed by atoms with Gasteiger partial charge in [0, 0.05) is 16.5 Å². The summed E-state index contributed by atoms with van der Waals surface area (Å²) in [6.45, 7) is 5.96. The van der Waals surface area contributed by atoms with Gasteiger partial charge in [-0.3, -0.25) is 10.1 Å². The number of carbonyl (C=O) groups is 1. The summed E-state index contributed by atoms with van der Waals surface area (Å²) < 4.78 is 5.18. The van der Waals surface area contributed by atoms with Gasteiger partial charge in [0.15, 0.2) is 0 Å². The third-order valence-corrected chi connectivity index (χ3v) is 5.15. The van der Waals surface area contributed by atoms with Gasteiger partial charge in [-0.1, -0.05) is 6.92 Å². The summed E-state index contributed by atoms with van der Waals surface area (Å²) in [5, 5.41) is 4.24. The van der Waals surface area contributed by atoms with Crippen LogP contribution in [-0.2, 0) is 4.79 Å². The molecule has 1 heterocycles. The molecule has 2 atom stereocenters. The van der Waals surface area contributed by atoms with Crippen LogP contribution in [0.1, 0.15) is 36.9 Å². The molecule has 0 spiro atoms. The zero-order valence-electron chi connectivity index (χ0n) is 13.9. The molecule has 2 rings (SSSR count). The second-order valence-electron chi connectivity index (χ2n) is 5.45. The molecule has 0 aliphatic carbocycles. The van der Waals surface area contributed by atoms with Crippen LogP contribution in [0.15, 0.2) is 24.3 Å². The van der Waals surface area contributed by atoms with Gasteiger partial charge < -0.3 is 10.5 Å². The van der Waals surface area contributed by atoms with E-state index in [-0.39, 0.29) is 18.0 Å². The van der Waals surface area contributed by atoms with Crippen molar-refractivity contribution in [1.29, 1.82) is 0 Å². The first kappa shape index (κ1) is 17.4. The van der Waals surface area contributed by atoms with Gasteiger partial charge in [-0.2, -0.15) is 0 Å². The lowest BCUT2D eigenvalue weighted by atomic mass is 10.1. The predicted octanol–water partition coefficient (Wildman–Crippen LogP) is 3.04. The van der Waals surface area contributed by atoms with Crippen molar-refractivity contribution in [2.75, 3.05) is 7.11 Å². The average Bonchev–Trinajstić information content (AvgIpc) is 2.94. The summed E-state index contributed by atoms with van der Waals surface area (Å²) in [5.41, 5.74) is 7.44. The van der Waals surface area contributed by atoms with Crippen molar-refractivity contribution >= 4 is 17.2 Å². The van der Waals surface area contributed by atoms with E-state index in [0.717, 1.165) is 26.9 Å². The smallest absolute Gasteiger partial charge is 0.234 e. The summed E-state index contributed by atoms with van der Waals surface area (Å²) in [6.07, 6.45) is 0.670. The van der Waals surface area contributed by atoms with E-state index >= 15 is 0 Å². The minimum Gasteiger partial charge on any atom is -0.497 e. The lowest BCUT2D eigenvalue weighted by Gasteiger charge is -2.19. The molecule has 1 aromatic carbocycles. The van der Waals surface area contributed by atoms with E-state index in [1.165, 1.54) is 0 Å². The molecule has 0 aliphatic heterocycles. The van der Waals surface area contributed by atoms with Crippen molar-refractivity contribution in [1.82, 2.24) is 10.3 Å². The minimum absolute atomic E-state index is 0.0250. The zero-order chi connectivity index (χ0) is 17.0. The largest absolute Gasteiger partial charge is 0.497 e. The summed E-state index contributed by atoms with van der Waals surface area (Å²) in [5.74, 6) is 0.501. The molecule has 0 bridgehead atoms. The number of hydrogen-bond donors (Lipinski definition) is 2. The SMILES string of the molecule is CCC(NC(C)c1sc(-c2ccc(OC)cc2)nc1C)C(N)=O. The van der Waals surface area contributed by atoms with E-state index in [9.17, 15) is 4.79 Å². The maximum Gasteiger partial charge on any atom is 0.234 e. The van der Waals surface area contributed by atoms with Crippen LogP contribution in [0.2, 0.25) is 0 Å². The fourth-order valence-electron chi connectivity index (χ4n) is 2.45. The minimum atomic E-state index is -0.323. The van der Waals surface area contributed by atoms with Gasteiger partial charge in [-0.15, -0.1) is 11.3 Å². The monoisotopic (exact) mass is 333 g/mol. The molecular formula is C17H23N3O2S. The molecule has 0 fully saturated rings. The Hall–Kier alpha value is -1.92. The van der Waals surface area contributed by atoms with E-state index in [4.69, 9.17) is 10.5 Å². The molecule has 1 amide bonds. The molecule has 124 valence electrons. The number of nitrogens with one attached hydrogen (secondary N) is 1. The van der Waals surface area contributed by atoms with Crippen LogP contribution in [0.3, 0.4) is 0 Å². The number of carbonyl (C=O) groups excluding carboxylic acids is 1. The molecule has 6 heteroatoms. The van der Waals surface area contributed by atoms with Crippen LogP contribution in [0.4, 0.5) is 0 Å². The lowest BCUT2D eigenvalue weighted by molar-refractivity contribution is -0.120. The van der Waals surface area contributed by atoms with E-state index in [1.807, 2.05) is 45.0 Å². The Morgan fingerprint density at radius 3 is 2.57 bits per heavy atom. The van der Waals surface area contributed by atoms with Gasteiger partial charge in [0.05, 0.1) is 18.8 Å². The summed E-state index contributed by atoms with van der Waals surface area (Å²) >= 11 is 1.63. The van der Waals surface area contributed by atoms with E-state index in [1.54, 1.807) is 18.4 Å². The number of aromatic nitrogens is 1. The maximum atomic E-state index is 11.4. The number of methoxy groups -OCH3 is 1. The van der Waals surface area contributed by atoms with Gasteiger partial charge in [0.1, 0.15) is 10.8 Å². The molecule has 3 N–H and O–H groups in total. The number of amides is 1. The number of thiazole rings is 1. The van der Waals surface area contributed by atoms with Crippen LogP contribution >= 0.6 is 11.3 Å². The maximum absolute atomic E-state index is 11.4. The molecule has 0 saturated heterocycles. The first-order valence-electron chi connectivity index (χ1n) is 7.63. The van der Waals surface area contributed by atoms with Gasteiger partial charge in [0.2, 0.25) is 5.91 Å². The molecule has 2 unspecified atom stereocenters. The number of benzene rings is 1. The highest BCUT2D eigenvalue weighted by molar-refractivity contribution is 7.15. The lowest BCUT2D eigenvalue weighted by Crippen LogP contribution is -2.41. The molecule has 5 nitrogen and oxygen atoms in total. The first-order valence-corrected chi connectivity index (χ1v) is 8.45. The number of primary amides is 1. The summed E-state index contributed by atoms with van der Waals surface area (Å²) in [4.78, 5) is 17.2. The number of aryl methyl sites for hydroxylation is 1. The third kappa shape index (κ3) is 4.09. The fraction of sp³-hybridized carbons (Fsp3) is 0.412. The van der Waals surface area contributed by atoms with Crippen molar-refractivity contribution < 1.29 is 9.53 Å². The second kappa shape index (κ2) is 7.57. The molecule has 0 saturated carbocycles. The van der Waals surface area contributed by atoms with Crippen LogP contribution in [0.5, 0.6) is 5.75 Å². The topological polar surface area (TPSA) is 77.2 Å². The van der Waals surface area contributed by atoms with E-state index < -0.39 is 0 Å². The Labute approximate surface area is 140 Å². The van der Waals surface area contributed by atoms with Crippen molar-refractivity contribution in [3.05, 3.63) is 34.8 Å². The van der Waals surface area contributed by atoms with Gasteiger partial charge in [0.25, 0.3) is 0 Å². The number of hydrogen-bond acceptors (Lipinski definition) is 5. The molecule has 1 aromatic heterocycles.